The maximum atomic E-state index is 12.0. The highest BCUT2D eigenvalue weighted by Gasteiger charge is 2.05. The van der Waals surface area contributed by atoms with Crippen molar-refractivity contribution in [3.8, 4) is 0 Å². The molecule has 1 aromatic heterocycles. The molecule has 1 heterocycles. The van der Waals surface area contributed by atoms with Crippen LogP contribution in [0.2, 0.25) is 0 Å². The first-order valence-corrected chi connectivity index (χ1v) is 6.07. The van der Waals surface area contributed by atoms with Crippen LogP contribution in [0.25, 0.3) is 0 Å². The third-order valence-electron chi connectivity index (χ3n) is 2.76. The first-order valence-electron chi connectivity index (χ1n) is 6.07. The summed E-state index contributed by atoms with van der Waals surface area (Å²) in [5, 5.41) is 3.06. The summed E-state index contributed by atoms with van der Waals surface area (Å²) < 4.78 is 1.68. The van der Waals surface area contributed by atoms with Crippen molar-refractivity contribution in [2.75, 3.05) is 11.9 Å². The fourth-order valence-electron chi connectivity index (χ4n) is 1.85. The van der Waals surface area contributed by atoms with Crippen LogP contribution in [0.5, 0.6) is 0 Å². The SMILES string of the molecule is CCNc1cc(C)n(Cc2ccccc2)c(=O)n1. The summed E-state index contributed by atoms with van der Waals surface area (Å²) in [7, 11) is 0. The van der Waals surface area contributed by atoms with Crippen LogP contribution in [0.4, 0.5) is 5.82 Å². The van der Waals surface area contributed by atoms with Crippen molar-refractivity contribution < 1.29 is 0 Å². The van der Waals surface area contributed by atoms with E-state index in [1.165, 1.54) is 0 Å². The van der Waals surface area contributed by atoms with Gasteiger partial charge in [-0.1, -0.05) is 30.3 Å². The molecule has 0 aliphatic heterocycles. The number of anilines is 1. The van der Waals surface area contributed by atoms with E-state index in [0.29, 0.717) is 12.4 Å². The van der Waals surface area contributed by atoms with Crippen molar-refractivity contribution in [3.05, 3.63) is 58.1 Å². The van der Waals surface area contributed by atoms with Crippen molar-refractivity contribution in [2.45, 2.75) is 20.4 Å². The minimum absolute atomic E-state index is 0.213. The zero-order valence-corrected chi connectivity index (χ0v) is 10.7. The maximum Gasteiger partial charge on any atom is 0.350 e. The molecule has 0 aliphatic carbocycles. The molecule has 0 unspecified atom stereocenters. The molecule has 94 valence electrons. The lowest BCUT2D eigenvalue weighted by Crippen LogP contribution is -2.26. The largest absolute Gasteiger partial charge is 0.370 e. The molecule has 0 amide bonds. The second kappa shape index (κ2) is 5.49. The Bertz CT molecular complexity index is 575. The normalized spacial score (nSPS) is 10.3. The van der Waals surface area contributed by atoms with E-state index >= 15 is 0 Å². The summed E-state index contributed by atoms with van der Waals surface area (Å²) in [5.41, 5.74) is 1.80. The molecular weight excluding hydrogens is 226 g/mol. The third kappa shape index (κ3) is 2.77. The molecule has 0 atom stereocenters. The van der Waals surface area contributed by atoms with Crippen LogP contribution in [0.1, 0.15) is 18.2 Å². The number of nitrogens with one attached hydrogen (secondary N) is 1. The van der Waals surface area contributed by atoms with E-state index in [2.05, 4.69) is 10.3 Å². The van der Waals surface area contributed by atoms with Gasteiger partial charge in [-0.25, -0.2) is 4.79 Å². The highest BCUT2D eigenvalue weighted by atomic mass is 16.1. The van der Waals surface area contributed by atoms with Gasteiger partial charge in [0.25, 0.3) is 0 Å². The Hall–Kier alpha value is -2.10. The number of hydrogen-bond donors (Lipinski definition) is 1. The molecule has 0 bridgehead atoms. The molecule has 0 saturated heterocycles. The molecule has 0 saturated carbocycles. The zero-order valence-electron chi connectivity index (χ0n) is 10.7. The molecule has 0 aliphatic rings. The first kappa shape index (κ1) is 12.4. The van der Waals surface area contributed by atoms with E-state index in [4.69, 9.17) is 0 Å². The van der Waals surface area contributed by atoms with Gasteiger partial charge in [-0.3, -0.25) is 4.57 Å². The highest BCUT2D eigenvalue weighted by Crippen LogP contribution is 2.06. The molecule has 1 N–H and O–H groups in total. The maximum absolute atomic E-state index is 12.0. The van der Waals surface area contributed by atoms with Crippen LogP contribution < -0.4 is 11.0 Å². The average molecular weight is 243 g/mol. The number of aromatic nitrogens is 2. The van der Waals surface area contributed by atoms with Crippen LogP contribution in [0.15, 0.2) is 41.2 Å². The molecule has 4 heteroatoms. The fraction of sp³-hybridized carbons (Fsp3) is 0.286. The minimum atomic E-state index is -0.213. The van der Waals surface area contributed by atoms with Crippen LogP contribution in [0.3, 0.4) is 0 Å². The van der Waals surface area contributed by atoms with Crippen LogP contribution in [-0.4, -0.2) is 16.1 Å². The van der Waals surface area contributed by atoms with Gasteiger partial charge in [0, 0.05) is 18.3 Å². The van der Waals surface area contributed by atoms with Gasteiger partial charge in [0.05, 0.1) is 6.54 Å². The average Bonchev–Trinajstić information content (AvgIpc) is 2.36. The van der Waals surface area contributed by atoms with E-state index < -0.39 is 0 Å². The standard InChI is InChI=1S/C14H17N3O/c1-3-15-13-9-11(2)17(14(18)16-13)10-12-7-5-4-6-8-12/h4-9H,3,10H2,1-2H3,(H,15,16,18). The Balaban J connectivity index is 2.32. The van der Waals surface area contributed by atoms with Gasteiger partial charge in [0.1, 0.15) is 5.82 Å². The van der Waals surface area contributed by atoms with E-state index in [1.807, 2.05) is 50.2 Å². The second-order valence-corrected chi connectivity index (χ2v) is 4.17. The summed E-state index contributed by atoms with van der Waals surface area (Å²) in [5.74, 6) is 0.643. The number of hydrogen-bond acceptors (Lipinski definition) is 3. The van der Waals surface area contributed by atoms with Gasteiger partial charge in [-0.2, -0.15) is 4.98 Å². The smallest absolute Gasteiger partial charge is 0.350 e. The Morgan fingerprint density at radius 3 is 2.61 bits per heavy atom. The number of aryl methyl sites for hydroxylation is 1. The molecule has 4 nitrogen and oxygen atoms in total. The highest BCUT2D eigenvalue weighted by molar-refractivity contribution is 5.34. The Morgan fingerprint density at radius 1 is 1.28 bits per heavy atom. The van der Waals surface area contributed by atoms with Gasteiger partial charge in [-0.15, -0.1) is 0 Å². The van der Waals surface area contributed by atoms with E-state index in [9.17, 15) is 4.79 Å². The fourth-order valence-corrected chi connectivity index (χ4v) is 1.85. The predicted octanol–water partition coefficient (Wildman–Crippen LogP) is 2.03. The van der Waals surface area contributed by atoms with Crippen molar-refractivity contribution in [3.63, 3.8) is 0 Å². The molecule has 2 rings (SSSR count). The Morgan fingerprint density at radius 2 is 2.00 bits per heavy atom. The first-order chi connectivity index (χ1) is 8.70. The molecule has 1 aromatic carbocycles. The molecule has 2 aromatic rings. The van der Waals surface area contributed by atoms with Gasteiger partial charge in [0.2, 0.25) is 0 Å². The lowest BCUT2D eigenvalue weighted by molar-refractivity contribution is 0.701. The predicted molar refractivity (Wildman–Crippen MR) is 72.9 cm³/mol. The molecule has 18 heavy (non-hydrogen) atoms. The van der Waals surface area contributed by atoms with Gasteiger partial charge in [0.15, 0.2) is 0 Å². The topological polar surface area (TPSA) is 46.9 Å². The van der Waals surface area contributed by atoms with Crippen LogP contribution in [-0.2, 0) is 6.54 Å². The minimum Gasteiger partial charge on any atom is -0.370 e. The summed E-state index contributed by atoms with van der Waals surface area (Å²) in [6.45, 7) is 5.22. The van der Waals surface area contributed by atoms with Crippen molar-refractivity contribution in [1.29, 1.82) is 0 Å². The number of nitrogens with zero attached hydrogens (tertiary/aromatic N) is 2. The summed E-state index contributed by atoms with van der Waals surface area (Å²) in [6, 6.07) is 11.8. The number of rotatable bonds is 4. The quantitative estimate of drug-likeness (QED) is 0.893. The van der Waals surface area contributed by atoms with Crippen LogP contribution >= 0.6 is 0 Å². The van der Waals surface area contributed by atoms with Crippen molar-refractivity contribution >= 4 is 5.82 Å². The summed E-state index contributed by atoms with van der Waals surface area (Å²) in [6.07, 6.45) is 0. The summed E-state index contributed by atoms with van der Waals surface area (Å²) in [4.78, 5) is 16.0. The van der Waals surface area contributed by atoms with Gasteiger partial charge < -0.3 is 5.32 Å². The monoisotopic (exact) mass is 243 g/mol. The number of benzene rings is 1. The molecule has 0 fully saturated rings. The van der Waals surface area contributed by atoms with E-state index in [1.54, 1.807) is 4.57 Å². The Kier molecular flexibility index (Phi) is 3.77. The lowest BCUT2D eigenvalue weighted by Gasteiger charge is -2.11. The van der Waals surface area contributed by atoms with E-state index in [-0.39, 0.29) is 5.69 Å². The van der Waals surface area contributed by atoms with Crippen molar-refractivity contribution in [2.24, 2.45) is 0 Å². The molecule has 0 spiro atoms. The van der Waals surface area contributed by atoms with Gasteiger partial charge in [-0.05, 0) is 19.4 Å². The van der Waals surface area contributed by atoms with Crippen molar-refractivity contribution in [1.82, 2.24) is 9.55 Å². The second-order valence-electron chi connectivity index (χ2n) is 4.17. The third-order valence-corrected chi connectivity index (χ3v) is 2.76. The van der Waals surface area contributed by atoms with E-state index in [0.717, 1.165) is 17.8 Å². The van der Waals surface area contributed by atoms with Gasteiger partial charge >= 0.3 is 5.69 Å². The zero-order chi connectivity index (χ0) is 13.0. The van der Waals surface area contributed by atoms with Crippen LogP contribution in [0, 0.1) is 6.92 Å². The lowest BCUT2D eigenvalue weighted by atomic mass is 10.2. The molecule has 0 radical (unpaired) electrons. The molecular formula is C14H17N3O. The Labute approximate surface area is 106 Å². The summed E-state index contributed by atoms with van der Waals surface area (Å²) >= 11 is 0.